The molecule has 0 aliphatic carbocycles. The molecule has 38 heavy (non-hydrogen) atoms. The number of aromatic nitrogens is 1. The number of amides is 1. The third kappa shape index (κ3) is 6.06. The molecule has 0 bridgehead atoms. The summed E-state index contributed by atoms with van der Waals surface area (Å²) in [5, 5.41) is 28.3. The fourth-order valence-electron chi connectivity index (χ4n) is 4.55. The summed E-state index contributed by atoms with van der Waals surface area (Å²) >= 11 is 0. The smallest absolute Gasteiger partial charge is 0.274 e. The monoisotopic (exact) mass is 513 g/mol. The highest BCUT2D eigenvalue weighted by atomic mass is 16.5. The van der Waals surface area contributed by atoms with Gasteiger partial charge in [-0.2, -0.15) is 0 Å². The largest absolute Gasteiger partial charge is 0.508 e. The Morgan fingerprint density at radius 1 is 0.895 bits per heavy atom. The van der Waals surface area contributed by atoms with Crippen LogP contribution in [0.3, 0.4) is 0 Å². The fourth-order valence-corrected chi connectivity index (χ4v) is 4.55. The average Bonchev–Trinajstić information content (AvgIpc) is 3.37. The minimum Gasteiger partial charge on any atom is -0.508 e. The van der Waals surface area contributed by atoms with E-state index in [0.717, 1.165) is 42.7 Å². The summed E-state index contributed by atoms with van der Waals surface area (Å²) in [6, 6.07) is 21.0. The number of benzene rings is 3. The lowest BCUT2D eigenvalue weighted by molar-refractivity contribution is 0.0947. The second-order valence-electron chi connectivity index (χ2n) is 9.24. The highest BCUT2D eigenvalue weighted by molar-refractivity contribution is 6.02. The van der Waals surface area contributed by atoms with Crippen molar-refractivity contribution in [2.75, 3.05) is 19.6 Å². The highest BCUT2D eigenvalue weighted by Crippen LogP contribution is 2.42. The van der Waals surface area contributed by atoms with Crippen LogP contribution in [0.5, 0.6) is 11.5 Å². The molecule has 0 spiro atoms. The third-order valence-corrected chi connectivity index (χ3v) is 6.76. The normalized spacial score (nSPS) is 11.2. The molecule has 3 aromatic carbocycles. The van der Waals surface area contributed by atoms with Crippen LogP contribution in [0.25, 0.3) is 22.5 Å². The van der Waals surface area contributed by atoms with Crippen LogP contribution in [0, 0.1) is 0 Å². The number of aromatic hydroxyl groups is 2. The average molecular weight is 514 g/mol. The van der Waals surface area contributed by atoms with Crippen LogP contribution in [-0.2, 0) is 19.4 Å². The lowest BCUT2D eigenvalue weighted by Gasteiger charge is -2.18. The summed E-state index contributed by atoms with van der Waals surface area (Å²) in [6.07, 6.45) is 1.29. The van der Waals surface area contributed by atoms with Gasteiger partial charge in [-0.05, 0) is 61.2 Å². The summed E-state index contributed by atoms with van der Waals surface area (Å²) < 4.78 is 5.71. The number of nitrogens with zero attached hydrogens (tertiary/aromatic N) is 2. The van der Waals surface area contributed by atoms with Gasteiger partial charge in [0.25, 0.3) is 5.91 Å². The molecule has 0 fully saturated rings. The molecule has 3 N–H and O–H groups in total. The lowest BCUT2D eigenvalue weighted by atomic mass is 9.95. The Labute approximate surface area is 223 Å². The number of phenolic OH excluding ortho intramolecular Hbond substituents is 2. The van der Waals surface area contributed by atoms with Gasteiger partial charge in [-0.1, -0.05) is 73.6 Å². The van der Waals surface area contributed by atoms with Crippen molar-refractivity contribution in [3.05, 3.63) is 89.1 Å². The predicted molar refractivity (Wildman–Crippen MR) is 149 cm³/mol. The number of carbonyl (C=O) groups excluding carboxylic acids is 1. The Morgan fingerprint density at radius 3 is 2.26 bits per heavy atom. The van der Waals surface area contributed by atoms with Crippen LogP contribution in [0.15, 0.2) is 71.3 Å². The Hall–Kier alpha value is -4.10. The van der Waals surface area contributed by atoms with Crippen LogP contribution in [-0.4, -0.2) is 45.8 Å². The van der Waals surface area contributed by atoms with Crippen LogP contribution in [0.1, 0.15) is 48.0 Å². The summed E-state index contributed by atoms with van der Waals surface area (Å²) in [5.74, 6) is -0.217. The van der Waals surface area contributed by atoms with Crippen molar-refractivity contribution < 1.29 is 19.5 Å². The number of carbonyl (C=O) groups is 1. The minimum absolute atomic E-state index is 0.00736. The predicted octanol–water partition coefficient (Wildman–Crippen LogP) is 5.80. The zero-order chi connectivity index (χ0) is 27.1. The molecular weight excluding hydrogens is 478 g/mol. The quantitative estimate of drug-likeness (QED) is 0.235. The molecule has 0 radical (unpaired) electrons. The zero-order valence-corrected chi connectivity index (χ0v) is 22.2. The molecule has 4 rings (SSSR count). The SMILES string of the molecule is CCNC(=O)c1noc(-c2cc(CCc3ccccc3)c(O)cc2O)c1-c1ccc(CN(CC)CC)cc1. The lowest BCUT2D eigenvalue weighted by Crippen LogP contribution is -2.23. The van der Waals surface area contributed by atoms with E-state index in [-0.39, 0.29) is 28.9 Å². The standard InChI is InChI=1S/C31H35N3O4/c1-4-32-31(37)29-28(23-15-13-22(14-16-23)20-34(5-2)6-3)30(38-33-29)25-18-24(26(35)19-27(25)36)17-12-21-10-8-7-9-11-21/h7-11,13-16,18-19,35-36H,4-6,12,17,20H2,1-3H3,(H,32,37). The molecule has 0 saturated carbocycles. The first kappa shape index (κ1) is 26.9. The van der Waals surface area contributed by atoms with Crippen molar-refractivity contribution in [1.29, 1.82) is 0 Å². The van der Waals surface area contributed by atoms with Gasteiger partial charge < -0.3 is 20.1 Å². The van der Waals surface area contributed by atoms with Gasteiger partial charge in [0.05, 0.1) is 11.1 Å². The van der Waals surface area contributed by atoms with E-state index in [1.165, 1.54) is 6.07 Å². The fraction of sp³-hybridized carbons (Fsp3) is 0.290. The Kier molecular flexibility index (Phi) is 8.81. The van der Waals surface area contributed by atoms with Gasteiger partial charge >= 0.3 is 0 Å². The van der Waals surface area contributed by atoms with E-state index >= 15 is 0 Å². The summed E-state index contributed by atoms with van der Waals surface area (Å²) in [4.78, 5) is 15.2. The number of aryl methyl sites for hydroxylation is 2. The summed E-state index contributed by atoms with van der Waals surface area (Å²) in [5.41, 5.74) is 4.74. The van der Waals surface area contributed by atoms with E-state index in [4.69, 9.17) is 4.52 Å². The maximum atomic E-state index is 12.9. The van der Waals surface area contributed by atoms with Crippen LogP contribution in [0.2, 0.25) is 0 Å². The Morgan fingerprint density at radius 2 is 1.61 bits per heavy atom. The van der Waals surface area contributed by atoms with Crippen LogP contribution < -0.4 is 5.32 Å². The highest BCUT2D eigenvalue weighted by Gasteiger charge is 2.26. The van der Waals surface area contributed by atoms with Crippen LogP contribution in [0.4, 0.5) is 0 Å². The van der Waals surface area contributed by atoms with Crippen molar-refractivity contribution in [3.8, 4) is 33.9 Å². The van der Waals surface area contributed by atoms with E-state index in [1.54, 1.807) is 6.07 Å². The number of hydrogen-bond donors (Lipinski definition) is 3. The van der Waals surface area contributed by atoms with Gasteiger partial charge in [-0.25, -0.2) is 0 Å². The summed E-state index contributed by atoms with van der Waals surface area (Å²) in [7, 11) is 0. The zero-order valence-electron chi connectivity index (χ0n) is 22.2. The van der Waals surface area contributed by atoms with E-state index in [2.05, 4.69) is 29.2 Å². The molecule has 0 aliphatic rings. The summed E-state index contributed by atoms with van der Waals surface area (Å²) in [6.45, 7) is 9.31. The first-order valence-corrected chi connectivity index (χ1v) is 13.1. The second kappa shape index (κ2) is 12.4. The van der Waals surface area contributed by atoms with Crippen molar-refractivity contribution in [2.24, 2.45) is 0 Å². The molecule has 7 heteroatoms. The molecule has 7 nitrogen and oxygen atoms in total. The first-order chi connectivity index (χ1) is 18.4. The molecule has 4 aromatic rings. The molecule has 0 unspecified atom stereocenters. The van der Waals surface area contributed by atoms with Crippen molar-refractivity contribution in [3.63, 3.8) is 0 Å². The van der Waals surface area contributed by atoms with Crippen molar-refractivity contribution in [1.82, 2.24) is 15.4 Å². The van der Waals surface area contributed by atoms with Crippen molar-refractivity contribution in [2.45, 2.75) is 40.2 Å². The third-order valence-electron chi connectivity index (χ3n) is 6.76. The number of rotatable bonds is 11. The molecule has 198 valence electrons. The molecule has 1 heterocycles. The molecule has 1 amide bonds. The van der Waals surface area contributed by atoms with Gasteiger partial charge in [0.2, 0.25) is 0 Å². The van der Waals surface area contributed by atoms with Gasteiger partial charge in [0.15, 0.2) is 11.5 Å². The maximum Gasteiger partial charge on any atom is 0.274 e. The Bertz CT molecular complexity index is 1360. The second-order valence-corrected chi connectivity index (χ2v) is 9.24. The van der Waals surface area contributed by atoms with E-state index in [9.17, 15) is 15.0 Å². The van der Waals surface area contributed by atoms with Crippen molar-refractivity contribution >= 4 is 5.91 Å². The maximum absolute atomic E-state index is 12.9. The minimum atomic E-state index is -0.354. The van der Waals surface area contributed by atoms with E-state index in [0.29, 0.717) is 29.7 Å². The van der Waals surface area contributed by atoms with E-state index in [1.807, 2.05) is 61.5 Å². The number of hydrogen-bond acceptors (Lipinski definition) is 6. The van der Waals surface area contributed by atoms with Gasteiger partial charge in [0.1, 0.15) is 11.5 Å². The molecule has 0 atom stereocenters. The number of phenols is 2. The topological polar surface area (TPSA) is 98.8 Å². The van der Waals surface area contributed by atoms with Gasteiger partial charge in [0, 0.05) is 19.2 Å². The molecule has 0 saturated heterocycles. The molecular formula is C31H35N3O4. The molecule has 0 aliphatic heterocycles. The van der Waals surface area contributed by atoms with Gasteiger partial charge in [-0.3, -0.25) is 9.69 Å². The molecule has 1 aromatic heterocycles. The van der Waals surface area contributed by atoms with E-state index < -0.39 is 0 Å². The van der Waals surface area contributed by atoms with Gasteiger partial charge in [-0.15, -0.1) is 0 Å². The number of nitrogens with one attached hydrogen (secondary N) is 1. The van der Waals surface area contributed by atoms with Crippen LogP contribution >= 0.6 is 0 Å². The Balaban J connectivity index is 1.74. The first-order valence-electron chi connectivity index (χ1n) is 13.1.